The Hall–Kier alpha value is -1.68. The van der Waals surface area contributed by atoms with Gasteiger partial charge in [0, 0.05) is 25.2 Å². The van der Waals surface area contributed by atoms with Gasteiger partial charge in [0.15, 0.2) is 5.89 Å². The van der Waals surface area contributed by atoms with E-state index in [1.54, 1.807) is 18.6 Å². The van der Waals surface area contributed by atoms with Crippen LogP contribution in [0.5, 0.6) is 0 Å². The normalized spacial score (nSPS) is 10.5. The second kappa shape index (κ2) is 4.70. The molecule has 0 saturated heterocycles. The fourth-order valence-electron chi connectivity index (χ4n) is 1.36. The van der Waals surface area contributed by atoms with Crippen LogP contribution in [-0.2, 0) is 12.8 Å². The maximum absolute atomic E-state index is 5.52. The summed E-state index contributed by atoms with van der Waals surface area (Å²) in [6.07, 6.45) is 6.71. The van der Waals surface area contributed by atoms with Gasteiger partial charge in [-0.3, -0.25) is 4.98 Å². The molecule has 0 saturated carbocycles. The minimum atomic E-state index is 0.587. The van der Waals surface area contributed by atoms with Gasteiger partial charge in [-0.25, -0.2) is 4.98 Å². The standard InChI is InChI=1S/C11H13N3O/c12-4-1-10-8-14-11(15-10)7-9-2-5-13-6-3-9/h2-3,5-6,8H,1,4,7,12H2. The molecule has 2 rings (SSSR count). The molecule has 0 unspecified atom stereocenters. The van der Waals surface area contributed by atoms with Crippen LogP contribution in [0.15, 0.2) is 35.1 Å². The van der Waals surface area contributed by atoms with Crippen LogP contribution in [0, 0.1) is 0 Å². The fraction of sp³-hybridized carbons (Fsp3) is 0.273. The van der Waals surface area contributed by atoms with Gasteiger partial charge in [0.2, 0.25) is 0 Å². The van der Waals surface area contributed by atoms with Gasteiger partial charge in [0.05, 0.1) is 6.20 Å². The number of aromatic nitrogens is 2. The summed E-state index contributed by atoms with van der Waals surface area (Å²) in [7, 11) is 0. The van der Waals surface area contributed by atoms with Crippen molar-refractivity contribution >= 4 is 0 Å². The highest BCUT2D eigenvalue weighted by atomic mass is 16.4. The van der Waals surface area contributed by atoms with Crippen LogP contribution in [0.25, 0.3) is 0 Å². The van der Waals surface area contributed by atoms with Crippen molar-refractivity contribution in [2.45, 2.75) is 12.8 Å². The summed E-state index contributed by atoms with van der Waals surface area (Å²) in [5.74, 6) is 1.58. The predicted octanol–water partition coefficient (Wildman–Crippen LogP) is 1.16. The van der Waals surface area contributed by atoms with Gasteiger partial charge in [0.25, 0.3) is 0 Å². The molecule has 0 atom stereocenters. The second-order valence-corrected chi connectivity index (χ2v) is 3.29. The van der Waals surface area contributed by atoms with Crippen LogP contribution in [0.4, 0.5) is 0 Å². The summed E-state index contributed by atoms with van der Waals surface area (Å²) in [4.78, 5) is 8.14. The SMILES string of the molecule is NCCc1cnc(Cc2ccncc2)o1. The van der Waals surface area contributed by atoms with Gasteiger partial charge < -0.3 is 10.2 Å². The molecule has 4 nitrogen and oxygen atoms in total. The van der Waals surface area contributed by atoms with Crippen LogP contribution < -0.4 is 5.73 Å². The van der Waals surface area contributed by atoms with Gasteiger partial charge in [0.1, 0.15) is 5.76 Å². The van der Waals surface area contributed by atoms with E-state index >= 15 is 0 Å². The van der Waals surface area contributed by atoms with E-state index in [2.05, 4.69) is 9.97 Å². The predicted molar refractivity (Wildman–Crippen MR) is 56.3 cm³/mol. The van der Waals surface area contributed by atoms with Crippen molar-refractivity contribution in [2.75, 3.05) is 6.54 Å². The molecule has 0 fully saturated rings. The second-order valence-electron chi connectivity index (χ2n) is 3.29. The Kier molecular flexibility index (Phi) is 3.09. The zero-order chi connectivity index (χ0) is 10.5. The third kappa shape index (κ3) is 2.63. The van der Waals surface area contributed by atoms with Crippen molar-refractivity contribution in [3.05, 3.63) is 47.9 Å². The quantitative estimate of drug-likeness (QED) is 0.809. The lowest BCUT2D eigenvalue weighted by Crippen LogP contribution is -2.01. The van der Waals surface area contributed by atoms with Crippen LogP contribution in [0.2, 0.25) is 0 Å². The number of rotatable bonds is 4. The summed E-state index contributed by atoms with van der Waals surface area (Å²) in [5, 5.41) is 0. The summed E-state index contributed by atoms with van der Waals surface area (Å²) in [6, 6.07) is 3.90. The zero-order valence-corrected chi connectivity index (χ0v) is 8.39. The molecule has 0 bridgehead atoms. The first-order chi connectivity index (χ1) is 7.38. The first kappa shape index (κ1) is 9.86. The molecule has 0 aliphatic heterocycles. The molecule has 0 radical (unpaired) electrons. The average Bonchev–Trinajstić information content (AvgIpc) is 2.68. The van der Waals surface area contributed by atoms with Gasteiger partial charge in [-0.2, -0.15) is 0 Å². The van der Waals surface area contributed by atoms with Crippen LogP contribution in [0.1, 0.15) is 17.2 Å². The highest BCUT2D eigenvalue weighted by molar-refractivity contribution is 5.14. The summed E-state index contributed by atoms with van der Waals surface area (Å²) >= 11 is 0. The number of nitrogens with two attached hydrogens (primary N) is 1. The van der Waals surface area contributed by atoms with E-state index in [1.165, 1.54) is 0 Å². The van der Waals surface area contributed by atoms with E-state index in [4.69, 9.17) is 10.2 Å². The summed E-state index contributed by atoms with van der Waals surface area (Å²) in [6.45, 7) is 0.587. The highest BCUT2D eigenvalue weighted by Crippen LogP contribution is 2.09. The Morgan fingerprint density at radius 1 is 1.27 bits per heavy atom. The van der Waals surface area contributed by atoms with Crippen LogP contribution >= 0.6 is 0 Å². The van der Waals surface area contributed by atoms with Gasteiger partial charge in [-0.1, -0.05) is 0 Å². The van der Waals surface area contributed by atoms with Gasteiger partial charge in [-0.05, 0) is 24.2 Å². The van der Waals surface area contributed by atoms with E-state index in [0.717, 1.165) is 23.6 Å². The Morgan fingerprint density at radius 2 is 2.07 bits per heavy atom. The summed E-state index contributed by atoms with van der Waals surface area (Å²) < 4.78 is 5.52. The van der Waals surface area contributed by atoms with Crippen molar-refractivity contribution in [3.63, 3.8) is 0 Å². The number of oxazole rings is 1. The minimum Gasteiger partial charge on any atom is -0.445 e. The number of hydrogen-bond donors (Lipinski definition) is 1. The Bertz CT molecular complexity index is 411. The van der Waals surface area contributed by atoms with Crippen LogP contribution in [-0.4, -0.2) is 16.5 Å². The number of pyridine rings is 1. The molecule has 2 aromatic heterocycles. The van der Waals surface area contributed by atoms with Gasteiger partial charge >= 0.3 is 0 Å². The lowest BCUT2D eigenvalue weighted by Gasteiger charge is -1.95. The molecule has 2 N–H and O–H groups in total. The average molecular weight is 203 g/mol. The van der Waals surface area contributed by atoms with Crippen molar-refractivity contribution in [1.82, 2.24) is 9.97 Å². The third-order valence-electron chi connectivity index (χ3n) is 2.10. The van der Waals surface area contributed by atoms with E-state index in [9.17, 15) is 0 Å². The molecule has 2 heterocycles. The van der Waals surface area contributed by atoms with Crippen molar-refractivity contribution in [2.24, 2.45) is 5.73 Å². The largest absolute Gasteiger partial charge is 0.445 e. The molecule has 78 valence electrons. The number of hydrogen-bond acceptors (Lipinski definition) is 4. The molecule has 0 spiro atoms. The highest BCUT2D eigenvalue weighted by Gasteiger charge is 2.03. The monoisotopic (exact) mass is 203 g/mol. The first-order valence-corrected chi connectivity index (χ1v) is 4.91. The lowest BCUT2D eigenvalue weighted by molar-refractivity contribution is 0.464. The van der Waals surface area contributed by atoms with Crippen molar-refractivity contribution in [1.29, 1.82) is 0 Å². The summed E-state index contributed by atoms with van der Waals surface area (Å²) in [5.41, 5.74) is 6.57. The Balaban J connectivity index is 2.05. The maximum atomic E-state index is 5.52. The minimum absolute atomic E-state index is 0.587. The number of nitrogens with zero attached hydrogens (tertiary/aromatic N) is 2. The fourth-order valence-corrected chi connectivity index (χ4v) is 1.36. The molecule has 0 aromatic carbocycles. The van der Waals surface area contributed by atoms with Crippen molar-refractivity contribution < 1.29 is 4.42 Å². The molecule has 0 amide bonds. The molecular weight excluding hydrogens is 190 g/mol. The topological polar surface area (TPSA) is 64.9 Å². The maximum Gasteiger partial charge on any atom is 0.198 e. The van der Waals surface area contributed by atoms with E-state index in [1.807, 2.05) is 12.1 Å². The Labute approximate surface area is 88.2 Å². The van der Waals surface area contributed by atoms with Gasteiger partial charge in [-0.15, -0.1) is 0 Å². The molecule has 4 heteroatoms. The van der Waals surface area contributed by atoms with Crippen molar-refractivity contribution in [3.8, 4) is 0 Å². The van der Waals surface area contributed by atoms with E-state index in [-0.39, 0.29) is 0 Å². The Morgan fingerprint density at radius 3 is 2.80 bits per heavy atom. The van der Waals surface area contributed by atoms with E-state index < -0.39 is 0 Å². The molecule has 15 heavy (non-hydrogen) atoms. The lowest BCUT2D eigenvalue weighted by atomic mass is 10.2. The smallest absolute Gasteiger partial charge is 0.198 e. The third-order valence-corrected chi connectivity index (χ3v) is 2.10. The molecule has 0 aliphatic carbocycles. The van der Waals surface area contributed by atoms with E-state index in [0.29, 0.717) is 13.0 Å². The first-order valence-electron chi connectivity index (χ1n) is 4.91. The molecule has 2 aromatic rings. The zero-order valence-electron chi connectivity index (χ0n) is 8.39. The van der Waals surface area contributed by atoms with Crippen LogP contribution in [0.3, 0.4) is 0 Å². The molecule has 0 aliphatic rings. The molecular formula is C11H13N3O.